The van der Waals surface area contributed by atoms with Crippen molar-refractivity contribution in [2.45, 2.75) is 57.9 Å². The maximum atomic E-state index is 12.2. The van der Waals surface area contributed by atoms with Crippen molar-refractivity contribution >= 4 is 44.1 Å². The van der Waals surface area contributed by atoms with E-state index in [0.717, 1.165) is 40.6 Å². The van der Waals surface area contributed by atoms with Gasteiger partial charge >= 0.3 is 5.97 Å². The predicted octanol–water partition coefficient (Wildman–Crippen LogP) is 6.91. The lowest BCUT2D eigenvalue weighted by Gasteiger charge is -2.25. The number of benzene rings is 2. The highest BCUT2D eigenvalue weighted by molar-refractivity contribution is 7.19. The molecular formula is C27H29N3O2S. The van der Waals surface area contributed by atoms with Crippen molar-refractivity contribution < 1.29 is 9.90 Å². The van der Waals surface area contributed by atoms with E-state index in [9.17, 15) is 9.90 Å². The highest BCUT2D eigenvalue weighted by Crippen LogP contribution is 2.43. The summed E-state index contributed by atoms with van der Waals surface area (Å²) in [6.07, 6.45) is 8.95. The molecule has 2 N–H and O–H groups in total. The monoisotopic (exact) mass is 459 g/mol. The summed E-state index contributed by atoms with van der Waals surface area (Å²) in [5.74, 6) is 0.267. The fourth-order valence-electron chi connectivity index (χ4n) is 5.21. The second kappa shape index (κ2) is 9.48. The summed E-state index contributed by atoms with van der Waals surface area (Å²) in [4.78, 5) is 23.5. The molecule has 0 radical (unpaired) electrons. The Hall–Kier alpha value is -2.99. The summed E-state index contributed by atoms with van der Waals surface area (Å²) in [5, 5.41) is 16.6. The normalized spacial score (nSPS) is 15.7. The SMILES string of the molecule is CCc1sc2ncnc(N[C@H](CC3CCCCC3)C(=O)O)c2c1-c1cccc2ccccc12. The van der Waals surface area contributed by atoms with Crippen molar-refractivity contribution in [3.05, 3.63) is 53.7 Å². The lowest BCUT2D eigenvalue weighted by molar-refractivity contribution is -0.138. The molecule has 33 heavy (non-hydrogen) atoms. The van der Waals surface area contributed by atoms with Gasteiger partial charge in [0.05, 0.1) is 5.39 Å². The number of hydrogen-bond donors (Lipinski definition) is 2. The Labute approximate surface area is 197 Å². The van der Waals surface area contributed by atoms with Crippen LogP contribution >= 0.6 is 11.3 Å². The molecule has 1 aliphatic rings. The van der Waals surface area contributed by atoms with Gasteiger partial charge in [0.1, 0.15) is 23.0 Å². The third-order valence-corrected chi connectivity index (χ3v) is 8.09. The largest absolute Gasteiger partial charge is 0.480 e. The van der Waals surface area contributed by atoms with E-state index in [0.29, 0.717) is 18.2 Å². The summed E-state index contributed by atoms with van der Waals surface area (Å²) < 4.78 is 0. The van der Waals surface area contributed by atoms with E-state index in [2.05, 4.69) is 64.7 Å². The van der Waals surface area contributed by atoms with Crippen LogP contribution in [-0.2, 0) is 11.2 Å². The van der Waals surface area contributed by atoms with E-state index < -0.39 is 12.0 Å². The molecular weight excluding hydrogens is 430 g/mol. The molecule has 0 amide bonds. The topological polar surface area (TPSA) is 75.1 Å². The average Bonchev–Trinajstić information content (AvgIpc) is 3.23. The third-order valence-electron chi connectivity index (χ3n) is 6.84. The number of rotatable bonds is 7. The van der Waals surface area contributed by atoms with E-state index in [-0.39, 0.29) is 0 Å². The van der Waals surface area contributed by atoms with E-state index in [4.69, 9.17) is 0 Å². The van der Waals surface area contributed by atoms with Crippen molar-refractivity contribution in [1.29, 1.82) is 0 Å². The Balaban J connectivity index is 1.62. The number of fused-ring (bicyclic) bond motifs is 2. The molecule has 0 unspecified atom stereocenters. The maximum absolute atomic E-state index is 12.2. The Bertz CT molecular complexity index is 1290. The van der Waals surface area contributed by atoms with Crippen LogP contribution in [0.5, 0.6) is 0 Å². The maximum Gasteiger partial charge on any atom is 0.326 e. The Morgan fingerprint density at radius 1 is 1.12 bits per heavy atom. The van der Waals surface area contributed by atoms with Crippen LogP contribution in [0.4, 0.5) is 5.82 Å². The van der Waals surface area contributed by atoms with Gasteiger partial charge in [0.2, 0.25) is 0 Å². The number of carboxylic acid groups (broad SMARTS) is 1. The first-order chi connectivity index (χ1) is 16.2. The van der Waals surface area contributed by atoms with E-state index in [1.54, 1.807) is 17.7 Å². The quantitative estimate of drug-likeness (QED) is 0.314. The van der Waals surface area contributed by atoms with Crippen LogP contribution in [0.1, 0.15) is 50.3 Å². The van der Waals surface area contributed by atoms with Crippen LogP contribution in [0.25, 0.3) is 32.1 Å². The number of aryl methyl sites for hydroxylation is 1. The number of hydrogen-bond acceptors (Lipinski definition) is 5. The van der Waals surface area contributed by atoms with Crippen molar-refractivity contribution in [2.24, 2.45) is 5.92 Å². The molecule has 2 heterocycles. The van der Waals surface area contributed by atoms with Crippen LogP contribution in [-0.4, -0.2) is 27.1 Å². The van der Waals surface area contributed by atoms with Crippen molar-refractivity contribution in [3.63, 3.8) is 0 Å². The summed E-state index contributed by atoms with van der Waals surface area (Å²) in [5.41, 5.74) is 2.27. The highest BCUT2D eigenvalue weighted by Gasteiger charge is 2.27. The number of nitrogens with zero attached hydrogens (tertiary/aromatic N) is 2. The fraction of sp³-hybridized carbons (Fsp3) is 0.370. The zero-order valence-corrected chi connectivity index (χ0v) is 19.7. The fourth-order valence-corrected chi connectivity index (χ4v) is 6.30. The lowest BCUT2D eigenvalue weighted by Crippen LogP contribution is -2.32. The minimum Gasteiger partial charge on any atom is -0.480 e. The molecule has 0 saturated heterocycles. The molecule has 5 nitrogen and oxygen atoms in total. The number of thiophene rings is 1. The van der Waals surface area contributed by atoms with Crippen LogP contribution in [0.15, 0.2) is 48.8 Å². The van der Waals surface area contributed by atoms with Gasteiger partial charge in [-0.1, -0.05) is 81.5 Å². The lowest BCUT2D eigenvalue weighted by atomic mass is 9.85. The molecule has 1 saturated carbocycles. The van der Waals surface area contributed by atoms with Crippen molar-refractivity contribution in [2.75, 3.05) is 5.32 Å². The number of carbonyl (C=O) groups is 1. The van der Waals surface area contributed by atoms with Gasteiger partial charge in [-0.2, -0.15) is 0 Å². The van der Waals surface area contributed by atoms with Gasteiger partial charge in [-0.15, -0.1) is 11.3 Å². The number of nitrogens with one attached hydrogen (secondary N) is 1. The van der Waals surface area contributed by atoms with E-state index in [1.807, 2.05) is 0 Å². The minimum absolute atomic E-state index is 0.455. The van der Waals surface area contributed by atoms with Gasteiger partial charge in [0, 0.05) is 10.4 Å². The van der Waals surface area contributed by atoms with Gasteiger partial charge in [0.15, 0.2) is 0 Å². The molecule has 4 aromatic rings. The van der Waals surface area contributed by atoms with E-state index in [1.165, 1.54) is 34.9 Å². The van der Waals surface area contributed by atoms with Crippen molar-refractivity contribution in [1.82, 2.24) is 9.97 Å². The molecule has 0 spiro atoms. The molecule has 170 valence electrons. The van der Waals surface area contributed by atoms with Crippen LogP contribution in [0.2, 0.25) is 0 Å². The summed E-state index contributed by atoms with van der Waals surface area (Å²) in [6, 6.07) is 14.1. The van der Waals surface area contributed by atoms with Gasteiger partial charge in [-0.25, -0.2) is 14.8 Å². The first-order valence-electron chi connectivity index (χ1n) is 11.9. The van der Waals surface area contributed by atoms with Crippen molar-refractivity contribution in [3.8, 4) is 11.1 Å². The number of anilines is 1. The first kappa shape index (κ1) is 21.8. The standard InChI is InChI=1S/C27H29N3O2S/c1-2-22-23(20-14-8-12-18-11-6-7-13-19(18)20)24-25(28-16-29-26(24)33-22)30-21(27(31)32)15-17-9-4-3-5-10-17/h6-8,11-14,16-17,21H,2-5,9-10,15H2,1H3,(H,31,32)(H,28,29,30)/t21-/m1/s1. The summed E-state index contributed by atoms with van der Waals surface area (Å²) >= 11 is 1.67. The van der Waals surface area contributed by atoms with Gasteiger partial charge < -0.3 is 10.4 Å². The number of carboxylic acids is 1. The third kappa shape index (κ3) is 4.32. The van der Waals surface area contributed by atoms with Crippen LogP contribution in [0, 0.1) is 5.92 Å². The van der Waals surface area contributed by atoms with Gasteiger partial charge in [0.25, 0.3) is 0 Å². The zero-order chi connectivity index (χ0) is 22.8. The molecule has 1 fully saturated rings. The van der Waals surface area contributed by atoms with Crippen LogP contribution < -0.4 is 5.32 Å². The molecule has 2 aromatic heterocycles. The predicted molar refractivity (Wildman–Crippen MR) is 136 cm³/mol. The molecule has 2 aromatic carbocycles. The Kier molecular flexibility index (Phi) is 6.27. The molecule has 5 rings (SSSR count). The molecule has 1 aliphatic carbocycles. The van der Waals surface area contributed by atoms with Gasteiger partial charge in [-0.3, -0.25) is 0 Å². The molecule has 0 aliphatic heterocycles. The highest BCUT2D eigenvalue weighted by atomic mass is 32.1. The smallest absolute Gasteiger partial charge is 0.326 e. The minimum atomic E-state index is -0.815. The van der Waals surface area contributed by atoms with Crippen LogP contribution in [0.3, 0.4) is 0 Å². The molecule has 0 bridgehead atoms. The Morgan fingerprint density at radius 3 is 2.70 bits per heavy atom. The Morgan fingerprint density at radius 2 is 1.91 bits per heavy atom. The second-order valence-corrected chi connectivity index (χ2v) is 10.0. The summed E-state index contributed by atoms with van der Waals surface area (Å²) in [7, 11) is 0. The first-order valence-corrected chi connectivity index (χ1v) is 12.7. The number of aromatic nitrogens is 2. The van der Waals surface area contributed by atoms with Gasteiger partial charge in [-0.05, 0) is 35.1 Å². The average molecular weight is 460 g/mol. The number of aliphatic carboxylic acids is 1. The summed E-state index contributed by atoms with van der Waals surface area (Å²) in [6.45, 7) is 2.16. The zero-order valence-electron chi connectivity index (χ0n) is 18.9. The molecule has 6 heteroatoms. The molecule has 1 atom stereocenters. The second-order valence-electron chi connectivity index (χ2n) is 8.96. The van der Waals surface area contributed by atoms with E-state index >= 15 is 0 Å².